The Labute approximate surface area is 167 Å². The Bertz CT molecular complexity index is 807. The van der Waals surface area contributed by atoms with Crippen LogP contribution in [0, 0.1) is 0 Å². The van der Waals surface area contributed by atoms with Crippen molar-refractivity contribution in [3.63, 3.8) is 0 Å². The SMILES string of the molecule is CCNC(=NCc1ccnc(N2CCCC2)c1)N1CCC(c2cnn(C)c2)C1. The van der Waals surface area contributed by atoms with Gasteiger partial charge in [0.15, 0.2) is 5.96 Å². The number of hydrogen-bond acceptors (Lipinski definition) is 4. The van der Waals surface area contributed by atoms with Gasteiger partial charge in [-0.2, -0.15) is 5.10 Å². The molecule has 7 nitrogen and oxygen atoms in total. The quantitative estimate of drug-likeness (QED) is 0.636. The lowest BCUT2D eigenvalue weighted by Crippen LogP contribution is -2.40. The van der Waals surface area contributed by atoms with Gasteiger partial charge in [0.1, 0.15) is 5.82 Å². The third kappa shape index (κ3) is 4.29. The number of guanidine groups is 1. The predicted octanol–water partition coefficient (Wildman–Crippen LogP) is 2.37. The fourth-order valence-corrected chi connectivity index (χ4v) is 4.15. The number of pyridine rings is 1. The number of rotatable bonds is 5. The molecule has 0 radical (unpaired) electrons. The fourth-order valence-electron chi connectivity index (χ4n) is 4.15. The van der Waals surface area contributed by atoms with Crippen LogP contribution in [-0.4, -0.2) is 58.3 Å². The first-order valence-corrected chi connectivity index (χ1v) is 10.4. The van der Waals surface area contributed by atoms with E-state index in [1.807, 2.05) is 24.1 Å². The maximum Gasteiger partial charge on any atom is 0.194 e. The first kappa shape index (κ1) is 18.8. The lowest BCUT2D eigenvalue weighted by atomic mass is 10.0. The van der Waals surface area contributed by atoms with Gasteiger partial charge in [-0.1, -0.05) is 0 Å². The van der Waals surface area contributed by atoms with Crippen LogP contribution in [0.15, 0.2) is 35.7 Å². The maximum absolute atomic E-state index is 4.93. The van der Waals surface area contributed by atoms with E-state index in [1.54, 1.807) is 0 Å². The Balaban J connectivity index is 1.43. The molecule has 2 saturated heterocycles. The van der Waals surface area contributed by atoms with Crippen molar-refractivity contribution in [2.75, 3.05) is 37.6 Å². The Hall–Kier alpha value is -2.57. The molecule has 2 aliphatic heterocycles. The van der Waals surface area contributed by atoms with E-state index in [1.165, 1.54) is 24.0 Å². The van der Waals surface area contributed by atoms with Gasteiger partial charge in [0.2, 0.25) is 0 Å². The maximum atomic E-state index is 4.93. The number of hydrogen-bond donors (Lipinski definition) is 1. The summed E-state index contributed by atoms with van der Waals surface area (Å²) < 4.78 is 1.89. The van der Waals surface area contributed by atoms with Gasteiger partial charge >= 0.3 is 0 Å². The molecule has 7 heteroatoms. The number of nitrogens with one attached hydrogen (secondary N) is 1. The molecule has 4 rings (SSSR count). The van der Waals surface area contributed by atoms with Crippen molar-refractivity contribution in [3.8, 4) is 0 Å². The molecule has 2 aromatic rings. The second kappa shape index (κ2) is 8.63. The highest BCUT2D eigenvalue weighted by Crippen LogP contribution is 2.27. The Morgan fingerprint density at radius 1 is 1.29 bits per heavy atom. The summed E-state index contributed by atoms with van der Waals surface area (Å²) in [5.41, 5.74) is 2.54. The Morgan fingerprint density at radius 2 is 2.14 bits per heavy atom. The van der Waals surface area contributed by atoms with E-state index in [9.17, 15) is 0 Å². The van der Waals surface area contributed by atoms with Gasteiger partial charge in [0.25, 0.3) is 0 Å². The highest BCUT2D eigenvalue weighted by molar-refractivity contribution is 5.80. The van der Waals surface area contributed by atoms with E-state index in [-0.39, 0.29) is 0 Å². The molecule has 0 aromatic carbocycles. The van der Waals surface area contributed by atoms with E-state index in [2.05, 4.69) is 50.5 Å². The molecule has 0 aliphatic carbocycles. The van der Waals surface area contributed by atoms with E-state index in [4.69, 9.17) is 4.99 Å². The standard InChI is InChI=1S/C21H31N7/c1-3-22-21(28-11-7-18(16-28)19-14-25-26(2)15-19)24-13-17-6-8-23-20(12-17)27-9-4-5-10-27/h6,8,12,14-15,18H,3-5,7,9-11,13,16H2,1-2H3,(H,22,24). The number of likely N-dealkylation sites (tertiary alicyclic amines) is 1. The molecule has 1 unspecified atom stereocenters. The van der Waals surface area contributed by atoms with Gasteiger partial charge in [0.05, 0.1) is 12.7 Å². The molecule has 4 heterocycles. The molecule has 0 saturated carbocycles. The van der Waals surface area contributed by atoms with Crippen molar-refractivity contribution in [1.82, 2.24) is 25.0 Å². The van der Waals surface area contributed by atoms with Crippen molar-refractivity contribution in [2.24, 2.45) is 12.0 Å². The minimum atomic E-state index is 0.528. The van der Waals surface area contributed by atoms with Crippen LogP contribution in [0.4, 0.5) is 5.82 Å². The van der Waals surface area contributed by atoms with Gasteiger partial charge < -0.3 is 15.1 Å². The van der Waals surface area contributed by atoms with Crippen molar-refractivity contribution in [1.29, 1.82) is 0 Å². The monoisotopic (exact) mass is 381 g/mol. The highest BCUT2D eigenvalue weighted by Gasteiger charge is 2.26. The van der Waals surface area contributed by atoms with Crippen LogP contribution in [0.2, 0.25) is 0 Å². The van der Waals surface area contributed by atoms with Crippen molar-refractivity contribution in [3.05, 3.63) is 41.9 Å². The van der Waals surface area contributed by atoms with Crippen molar-refractivity contribution >= 4 is 11.8 Å². The zero-order chi connectivity index (χ0) is 19.3. The molecule has 0 bridgehead atoms. The molecule has 28 heavy (non-hydrogen) atoms. The molecule has 2 fully saturated rings. The van der Waals surface area contributed by atoms with Crippen LogP contribution >= 0.6 is 0 Å². The molecule has 150 valence electrons. The summed E-state index contributed by atoms with van der Waals surface area (Å²) in [6, 6.07) is 4.27. The van der Waals surface area contributed by atoms with E-state index in [0.717, 1.165) is 50.9 Å². The smallest absolute Gasteiger partial charge is 0.194 e. The van der Waals surface area contributed by atoms with Gasteiger partial charge in [-0.3, -0.25) is 4.68 Å². The topological polar surface area (TPSA) is 61.6 Å². The third-order valence-corrected chi connectivity index (χ3v) is 5.67. The average molecular weight is 382 g/mol. The number of nitrogens with zero attached hydrogens (tertiary/aromatic N) is 6. The first-order chi connectivity index (χ1) is 13.7. The van der Waals surface area contributed by atoms with Gasteiger partial charge in [-0.25, -0.2) is 9.98 Å². The van der Waals surface area contributed by atoms with Crippen LogP contribution in [-0.2, 0) is 13.6 Å². The lowest BCUT2D eigenvalue weighted by molar-refractivity contribution is 0.486. The Morgan fingerprint density at radius 3 is 2.89 bits per heavy atom. The zero-order valence-corrected chi connectivity index (χ0v) is 17.0. The van der Waals surface area contributed by atoms with Gasteiger partial charge in [0, 0.05) is 58.1 Å². The van der Waals surface area contributed by atoms with Crippen LogP contribution in [0.3, 0.4) is 0 Å². The summed E-state index contributed by atoms with van der Waals surface area (Å²) in [5.74, 6) is 2.63. The number of aliphatic imine (C=N–C) groups is 1. The van der Waals surface area contributed by atoms with Crippen molar-refractivity contribution < 1.29 is 0 Å². The average Bonchev–Trinajstić information content (AvgIpc) is 3.46. The van der Waals surface area contributed by atoms with E-state index >= 15 is 0 Å². The molecular formula is C21H31N7. The van der Waals surface area contributed by atoms with E-state index < -0.39 is 0 Å². The third-order valence-electron chi connectivity index (χ3n) is 5.67. The summed E-state index contributed by atoms with van der Waals surface area (Å²) in [7, 11) is 1.98. The van der Waals surface area contributed by atoms with Crippen LogP contribution in [0.25, 0.3) is 0 Å². The van der Waals surface area contributed by atoms with Crippen molar-refractivity contribution in [2.45, 2.75) is 38.6 Å². The second-order valence-electron chi connectivity index (χ2n) is 7.77. The number of aryl methyl sites for hydroxylation is 1. The lowest BCUT2D eigenvalue weighted by Gasteiger charge is -2.22. The summed E-state index contributed by atoms with van der Waals surface area (Å²) >= 11 is 0. The number of aromatic nitrogens is 3. The summed E-state index contributed by atoms with van der Waals surface area (Å²) in [5, 5.41) is 7.80. The molecule has 1 atom stereocenters. The summed E-state index contributed by atoms with van der Waals surface area (Å²) in [4.78, 5) is 14.2. The van der Waals surface area contributed by atoms with Crippen LogP contribution < -0.4 is 10.2 Å². The minimum Gasteiger partial charge on any atom is -0.357 e. The van der Waals surface area contributed by atoms with Crippen LogP contribution in [0.1, 0.15) is 43.2 Å². The zero-order valence-electron chi connectivity index (χ0n) is 17.0. The summed E-state index contributed by atoms with van der Waals surface area (Å²) in [6.45, 7) is 7.94. The van der Waals surface area contributed by atoms with Crippen LogP contribution in [0.5, 0.6) is 0 Å². The summed E-state index contributed by atoms with van der Waals surface area (Å²) in [6.07, 6.45) is 9.72. The highest BCUT2D eigenvalue weighted by atomic mass is 15.3. The fraction of sp³-hybridized carbons (Fsp3) is 0.571. The first-order valence-electron chi connectivity index (χ1n) is 10.4. The molecule has 2 aliphatic rings. The molecule has 0 spiro atoms. The minimum absolute atomic E-state index is 0.528. The van der Waals surface area contributed by atoms with E-state index in [0.29, 0.717) is 12.5 Å². The Kier molecular flexibility index (Phi) is 5.78. The molecule has 1 N–H and O–H groups in total. The second-order valence-corrected chi connectivity index (χ2v) is 7.77. The predicted molar refractivity (Wildman–Crippen MR) is 113 cm³/mol. The molecule has 2 aromatic heterocycles. The van der Waals surface area contributed by atoms with Gasteiger partial charge in [-0.15, -0.1) is 0 Å². The largest absolute Gasteiger partial charge is 0.357 e. The number of anilines is 1. The normalized spacial score (nSPS) is 20.2. The molecular weight excluding hydrogens is 350 g/mol. The molecule has 0 amide bonds. The van der Waals surface area contributed by atoms with Gasteiger partial charge in [-0.05, 0) is 49.4 Å².